The molecule has 1 aliphatic rings. The van der Waals surface area contributed by atoms with Gasteiger partial charge in [-0.15, -0.1) is 0 Å². The summed E-state index contributed by atoms with van der Waals surface area (Å²) in [4.78, 5) is 14.4. The number of carbonyl (C=O) groups excluding carboxylic acids is 1. The molecule has 1 unspecified atom stereocenters. The van der Waals surface area contributed by atoms with E-state index in [0.717, 1.165) is 36.8 Å². The van der Waals surface area contributed by atoms with Crippen LogP contribution in [0.15, 0.2) is 28.7 Å². The molecule has 0 aromatic heterocycles. The molecule has 1 atom stereocenters. The Hall–Kier alpha value is -1.07. The molecule has 1 aromatic rings. The highest BCUT2D eigenvalue weighted by atomic mass is 79.9. The average Bonchev–Trinajstić information content (AvgIpc) is 2.52. The molecule has 1 N–H and O–H groups in total. The topological polar surface area (TPSA) is 41.6 Å². The van der Waals surface area contributed by atoms with Gasteiger partial charge < -0.3 is 15.0 Å². The quantitative estimate of drug-likeness (QED) is 0.753. The van der Waals surface area contributed by atoms with Gasteiger partial charge in [-0.3, -0.25) is 0 Å². The highest BCUT2D eigenvalue weighted by Gasteiger charge is 2.31. The molecule has 25 heavy (non-hydrogen) atoms. The average molecular weight is 411 g/mol. The Balaban J connectivity index is 2.01. The van der Waals surface area contributed by atoms with Crippen LogP contribution in [0.2, 0.25) is 0 Å². The molecule has 0 bridgehead atoms. The van der Waals surface area contributed by atoms with Gasteiger partial charge in [0.25, 0.3) is 0 Å². The van der Waals surface area contributed by atoms with Crippen LogP contribution in [0, 0.1) is 0 Å². The van der Waals surface area contributed by atoms with E-state index in [1.807, 2.05) is 25.7 Å². The highest BCUT2D eigenvalue weighted by Crippen LogP contribution is 2.24. The number of halogens is 1. The molecule has 1 amide bonds. The van der Waals surface area contributed by atoms with Gasteiger partial charge in [0.1, 0.15) is 5.60 Å². The van der Waals surface area contributed by atoms with Crippen LogP contribution in [0.25, 0.3) is 0 Å². The van der Waals surface area contributed by atoms with E-state index in [0.29, 0.717) is 0 Å². The lowest BCUT2D eigenvalue weighted by Gasteiger charge is -2.39. The van der Waals surface area contributed by atoms with E-state index in [1.54, 1.807) is 0 Å². The Morgan fingerprint density at radius 2 is 1.84 bits per heavy atom. The lowest BCUT2D eigenvalue weighted by atomic mass is 9.93. The van der Waals surface area contributed by atoms with Gasteiger partial charge in [-0.05, 0) is 71.6 Å². The molecule has 0 saturated carbocycles. The predicted octanol–water partition coefficient (Wildman–Crippen LogP) is 5.06. The number of ether oxygens (including phenoxy) is 1. The molecule has 5 heteroatoms. The summed E-state index contributed by atoms with van der Waals surface area (Å²) < 4.78 is 6.67. The number of rotatable bonds is 4. The molecular formula is C20H31BrN2O2. The Morgan fingerprint density at radius 3 is 2.44 bits per heavy atom. The molecule has 140 valence electrons. The van der Waals surface area contributed by atoms with Crippen LogP contribution >= 0.6 is 15.9 Å². The van der Waals surface area contributed by atoms with E-state index in [2.05, 4.69) is 59.4 Å². The second-order valence-corrected chi connectivity index (χ2v) is 9.25. The molecule has 2 rings (SSSR count). The first kappa shape index (κ1) is 20.2. The molecule has 4 nitrogen and oxygen atoms in total. The Bertz CT molecular complexity index is 578. The normalized spacial score (nSPS) is 19.0. The highest BCUT2D eigenvalue weighted by molar-refractivity contribution is 9.10. The number of amides is 1. The number of likely N-dealkylation sites (tertiary alicyclic amines) is 1. The SMILES string of the molecule is CC(C)(C)OC(=O)N1CCCCC1CNC(C)(C)c1ccc(Br)cc1. The zero-order valence-corrected chi connectivity index (χ0v) is 17.6. The summed E-state index contributed by atoms with van der Waals surface area (Å²) in [6, 6.07) is 8.56. The molecule has 0 aliphatic carbocycles. The van der Waals surface area contributed by atoms with E-state index in [1.165, 1.54) is 5.56 Å². The number of piperidine rings is 1. The molecule has 1 aliphatic heterocycles. The summed E-state index contributed by atoms with van der Waals surface area (Å²) in [6.07, 6.45) is 3.03. The maximum atomic E-state index is 12.5. The molecule has 1 heterocycles. The fourth-order valence-corrected chi connectivity index (χ4v) is 3.38. The third-order valence-electron chi connectivity index (χ3n) is 4.60. The minimum atomic E-state index is -0.455. The standard InChI is InChI=1S/C20H31BrN2O2/c1-19(2,3)25-18(24)23-13-7-6-8-17(23)14-22-20(4,5)15-9-11-16(21)12-10-15/h9-12,17,22H,6-8,13-14H2,1-5H3. The molecule has 0 spiro atoms. The number of hydrogen-bond acceptors (Lipinski definition) is 3. The van der Waals surface area contributed by atoms with Crippen LogP contribution < -0.4 is 5.32 Å². The lowest BCUT2D eigenvalue weighted by molar-refractivity contribution is 0.00915. The molecule has 1 fully saturated rings. The third-order valence-corrected chi connectivity index (χ3v) is 5.13. The second kappa shape index (κ2) is 8.09. The fourth-order valence-electron chi connectivity index (χ4n) is 3.12. The van der Waals surface area contributed by atoms with Crippen LogP contribution in [-0.2, 0) is 10.3 Å². The lowest BCUT2D eigenvalue weighted by Crippen LogP contribution is -2.52. The van der Waals surface area contributed by atoms with Crippen LogP contribution in [0.1, 0.15) is 59.4 Å². The van der Waals surface area contributed by atoms with Crippen molar-refractivity contribution in [2.75, 3.05) is 13.1 Å². The maximum Gasteiger partial charge on any atom is 0.410 e. The van der Waals surface area contributed by atoms with Gasteiger partial charge in [-0.25, -0.2) is 4.79 Å². The first-order valence-corrected chi connectivity index (χ1v) is 9.88. The minimum Gasteiger partial charge on any atom is -0.444 e. The van der Waals surface area contributed by atoms with Crippen molar-refractivity contribution in [1.82, 2.24) is 10.2 Å². The van der Waals surface area contributed by atoms with Crippen LogP contribution in [0.3, 0.4) is 0 Å². The van der Waals surface area contributed by atoms with Gasteiger partial charge in [0.2, 0.25) is 0 Å². The van der Waals surface area contributed by atoms with Crippen LogP contribution in [0.4, 0.5) is 4.79 Å². The van der Waals surface area contributed by atoms with Crippen molar-refractivity contribution >= 4 is 22.0 Å². The van der Waals surface area contributed by atoms with Crippen LogP contribution in [-0.4, -0.2) is 35.7 Å². The minimum absolute atomic E-state index is 0.155. The Labute approximate surface area is 160 Å². The van der Waals surface area contributed by atoms with Crippen molar-refractivity contribution in [3.63, 3.8) is 0 Å². The number of carbonyl (C=O) groups is 1. The number of nitrogens with zero attached hydrogens (tertiary/aromatic N) is 1. The summed E-state index contributed by atoms with van der Waals surface area (Å²) in [6.45, 7) is 11.6. The summed E-state index contributed by atoms with van der Waals surface area (Å²) in [5.41, 5.74) is 0.622. The van der Waals surface area contributed by atoms with E-state index >= 15 is 0 Å². The monoisotopic (exact) mass is 410 g/mol. The van der Waals surface area contributed by atoms with Gasteiger partial charge in [0, 0.05) is 29.1 Å². The largest absolute Gasteiger partial charge is 0.444 e. The number of nitrogens with one attached hydrogen (secondary N) is 1. The summed E-state index contributed by atoms with van der Waals surface area (Å²) in [5.74, 6) is 0. The van der Waals surface area contributed by atoms with Crippen LogP contribution in [0.5, 0.6) is 0 Å². The molecular weight excluding hydrogens is 380 g/mol. The number of hydrogen-bond donors (Lipinski definition) is 1. The Morgan fingerprint density at radius 1 is 1.20 bits per heavy atom. The van der Waals surface area contributed by atoms with Crippen molar-refractivity contribution in [2.24, 2.45) is 0 Å². The second-order valence-electron chi connectivity index (χ2n) is 8.34. The number of benzene rings is 1. The van der Waals surface area contributed by atoms with Gasteiger partial charge in [-0.1, -0.05) is 28.1 Å². The third kappa shape index (κ3) is 6.00. The van der Waals surface area contributed by atoms with Gasteiger partial charge in [-0.2, -0.15) is 0 Å². The fraction of sp³-hybridized carbons (Fsp3) is 0.650. The summed E-state index contributed by atoms with van der Waals surface area (Å²) >= 11 is 3.48. The molecule has 1 aromatic carbocycles. The zero-order valence-electron chi connectivity index (χ0n) is 16.1. The zero-order chi connectivity index (χ0) is 18.7. The van der Waals surface area contributed by atoms with Gasteiger partial charge >= 0.3 is 6.09 Å². The predicted molar refractivity (Wildman–Crippen MR) is 106 cm³/mol. The summed E-state index contributed by atoms with van der Waals surface area (Å²) in [7, 11) is 0. The van der Waals surface area contributed by atoms with E-state index in [4.69, 9.17) is 4.74 Å². The van der Waals surface area contributed by atoms with Gasteiger partial charge in [0.15, 0.2) is 0 Å². The van der Waals surface area contributed by atoms with Crippen molar-refractivity contribution < 1.29 is 9.53 Å². The molecule has 1 saturated heterocycles. The van der Waals surface area contributed by atoms with E-state index in [-0.39, 0.29) is 17.7 Å². The van der Waals surface area contributed by atoms with E-state index in [9.17, 15) is 4.79 Å². The van der Waals surface area contributed by atoms with Crippen molar-refractivity contribution in [1.29, 1.82) is 0 Å². The summed E-state index contributed by atoms with van der Waals surface area (Å²) in [5, 5.41) is 3.65. The smallest absolute Gasteiger partial charge is 0.410 e. The maximum absolute atomic E-state index is 12.5. The molecule has 0 radical (unpaired) electrons. The van der Waals surface area contributed by atoms with E-state index < -0.39 is 5.60 Å². The van der Waals surface area contributed by atoms with Crippen molar-refractivity contribution in [3.8, 4) is 0 Å². The first-order valence-electron chi connectivity index (χ1n) is 9.09. The van der Waals surface area contributed by atoms with Crippen molar-refractivity contribution in [2.45, 2.75) is 71.1 Å². The first-order chi connectivity index (χ1) is 11.6. The Kier molecular flexibility index (Phi) is 6.55. The van der Waals surface area contributed by atoms with Crippen molar-refractivity contribution in [3.05, 3.63) is 34.3 Å². The van der Waals surface area contributed by atoms with Gasteiger partial charge in [0.05, 0.1) is 0 Å².